The third kappa shape index (κ3) is 4.41. The van der Waals surface area contributed by atoms with Crippen LogP contribution in [0.3, 0.4) is 0 Å². The summed E-state index contributed by atoms with van der Waals surface area (Å²) in [7, 11) is 0. The van der Waals surface area contributed by atoms with Gasteiger partial charge in [-0.1, -0.05) is 26.0 Å². The number of aromatic hydroxyl groups is 1. The normalized spacial score (nSPS) is 11.1. The van der Waals surface area contributed by atoms with E-state index in [1.54, 1.807) is 12.1 Å². The maximum Gasteiger partial charge on any atom is 0.115 e. The van der Waals surface area contributed by atoms with Crippen LogP contribution in [-0.2, 0) is 13.1 Å². The van der Waals surface area contributed by atoms with Crippen molar-refractivity contribution in [3.8, 4) is 5.75 Å². The molecule has 1 aromatic heterocycles. The van der Waals surface area contributed by atoms with Crippen LogP contribution in [0, 0.1) is 5.92 Å². The van der Waals surface area contributed by atoms with E-state index in [9.17, 15) is 5.11 Å². The van der Waals surface area contributed by atoms with Gasteiger partial charge in [0.15, 0.2) is 0 Å². The first kappa shape index (κ1) is 13.6. The van der Waals surface area contributed by atoms with Crippen molar-refractivity contribution in [1.29, 1.82) is 0 Å². The maximum atomic E-state index is 9.24. The molecule has 0 unspecified atom stereocenters. The minimum atomic E-state index is 0.294. The van der Waals surface area contributed by atoms with Crippen molar-refractivity contribution in [3.05, 3.63) is 47.8 Å². The third-order valence-corrected chi connectivity index (χ3v) is 2.84. The lowest BCUT2D eigenvalue weighted by atomic mass is 10.2. The SMILES string of the molecule is CC(C)CNCc1ccn(Cc2ccc(O)cc2)n1. The molecule has 0 spiro atoms. The average Bonchev–Trinajstić information content (AvgIpc) is 2.79. The van der Waals surface area contributed by atoms with Gasteiger partial charge in [0.05, 0.1) is 12.2 Å². The van der Waals surface area contributed by atoms with Gasteiger partial charge in [-0.15, -0.1) is 0 Å². The molecule has 19 heavy (non-hydrogen) atoms. The molecule has 0 radical (unpaired) electrons. The van der Waals surface area contributed by atoms with Crippen LogP contribution in [0.1, 0.15) is 25.1 Å². The zero-order chi connectivity index (χ0) is 13.7. The summed E-state index contributed by atoms with van der Waals surface area (Å²) in [4.78, 5) is 0. The molecule has 2 rings (SSSR count). The summed E-state index contributed by atoms with van der Waals surface area (Å²) in [6.07, 6.45) is 1.99. The molecular formula is C15H21N3O. The van der Waals surface area contributed by atoms with Crippen LogP contribution in [0.5, 0.6) is 5.75 Å². The molecule has 0 atom stereocenters. The van der Waals surface area contributed by atoms with Gasteiger partial charge < -0.3 is 10.4 Å². The Bertz CT molecular complexity index is 502. The molecule has 0 aliphatic rings. The van der Waals surface area contributed by atoms with E-state index in [0.717, 1.165) is 30.9 Å². The Hall–Kier alpha value is -1.81. The topological polar surface area (TPSA) is 50.1 Å². The van der Waals surface area contributed by atoms with Crippen LogP contribution in [0.25, 0.3) is 0 Å². The summed E-state index contributed by atoms with van der Waals surface area (Å²) < 4.78 is 1.92. The smallest absolute Gasteiger partial charge is 0.115 e. The fraction of sp³-hybridized carbons (Fsp3) is 0.400. The molecule has 1 heterocycles. The summed E-state index contributed by atoms with van der Waals surface area (Å²) in [5, 5.41) is 17.1. The molecule has 0 bridgehead atoms. The molecule has 4 heteroatoms. The predicted octanol–water partition coefficient (Wildman–Crippen LogP) is 2.38. The molecule has 2 aromatic rings. The number of nitrogens with zero attached hydrogens (tertiary/aromatic N) is 2. The highest BCUT2D eigenvalue weighted by atomic mass is 16.3. The fourth-order valence-corrected chi connectivity index (χ4v) is 1.86. The number of phenolic OH excluding ortho intramolecular Hbond substituents is 1. The second kappa shape index (κ2) is 6.38. The Balaban J connectivity index is 1.88. The number of nitrogens with one attached hydrogen (secondary N) is 1. The lowest BCUT2D eigenvalue weighted by Crippen LogP contribution is -2.19. The first-order valence-corrected chi connectivity index (χ1v) is 6.64. The van der Waals surface area contributed by atoms with Gasteiger partial charge in [-0.3, -0.25) is 4.68 Å². The van der Waals surface area contributed by atoms with Gasteiger partial charge in [-0.05, 0) is 36.2 Å². The molecular weight excluding hydrogens is 238 g/mol. The van der Waals surface area contributed by atoms with Crippen LogP contribution >= 0.6 is 0 Å². The zero-order valence-electron chi connectivity index (χ0n) is 11.5. The molecule has 0 aliphatic carbocycles. The van der Waals surface area contributed by atoms with Crippen LogP contribution < -0.4 is 5.32 Å². The second-order valence-electron chi connectivity index (χ2n) is 5.20. The van der Waals surface area contributed by atoms with Crippen molar-refractivity contribution in [3.63, 3.8) is 0 Å². The number of aromatic nitrogens is 2. The van der Waals surface area contributed by atoms with Crippen molar-refractivity contribution in [2.24, 2.45) is 5.92 Å². The second-order valence-corrected chi connectivity index (χ2v) is 5.20. The Morgan fingerprint density at radius 3 is 2.63 bits per heavy atom. The van der Waals surface area contributed by atoms with E-state index in [1.165, 1.54) is 0 Å². The number of rotatable bonds is 6. The highest BCUT2D eigenvalue weighted by Gasteiger charge is 2.01. The number of benzene rings is 1. The standard InChI is InChI=1S/C15H21N3O/c1-12(2)9-16-10-14-7-8-18(17-14)11-13-3-5-15(19)6-4-13/h3-8,12,16,19H,9-11H2,1-2H3. The van der Waals surface area contributed by atoms with Crippen molar-refractivity contribution in [1.82, 2.24) is 15.1 Å². The molecule has 0 fully saturated rings. The average molecular weight is 259 g/mol. The molecule has 0 saturated carbocycles. The lowest BCUT2D eigenvalue weighted by Gasteiger charge is -2.05. The van der Waals surface area contributed by atoms with Gasteiger partial charge in [0.1, 0.15) is 5.75 Å². The van der Waals surface area contributed by atoms with E-state index in [2.05, 4.69) is 24.3 Å². The van der Waals surface area contributed by atoms with Crippen molar-refractivity contribution in [2.45, 2.75) is 26.9 Å². The van der Waals surface area contributed by atoms with Crippen LogP contribution in [-0.4, -0.2) is 21.4 Å². The van der Waals surface area contributed by atoms with E-state index in [4.69, 9.17) is 0 Å². The summed E-state index contributed by atoms with van der Waals surface area (Å²) in [5.74, 6) is 0.946. The Labute approximate surface area is 114 Å². The van der Waals surface area contributed by atoms with Gasteiger partial charge in [0, 0.05) is 12.7 Å². The van der Waals surface area contributed by atoms with E-state index < -0.39 is 0 Å². The van der Waals surface area contributed by atoms with Crippen molar-refractivity contribution >= 4 is 0 Å². The molecule has 2 N–H and O–H groups in total. The van der Waals surface area contributed by atoms with E-state index >= 15 is 0 Å². The van der Waals surface area contributed by atoms with Crippen molar-refractivity contribution < 1.29 is 5.11 Å². The number of hydrogen-bond acceptors (Lipinski definition) is 3. The largest absolute Gasteiger partial charge is 0.508 e. The molecule has 0 saturated heterocycles. The van der Waals surface area contributed by atoms with Gasteiger partial charge in [0.25, 0.3) is 0 Å². The molecule has 102 valence electrons. The summed E-state index contributed by atoms with van der Waals surface area (Å²) in [5.41, 5.74) is 2.18. The van der Waals surface area contributed by atoms with Gasteiger partial charge in [0.2, 0.25) is 0 Å². The van der Waals surface area contributed by atoms with Gasteiger partial charge >= 0.3 is 0 Å². The van der Waals surface area contributed by atoms with Gasteiger partial charge in [-0.2, -0.15) is 5.10 Å². The minimum absolute atomic E-state index is 0.294. The van der Waals surface area contributed by atoms with Crippen LogP contribution in [0.15, 0.2) is 36.5 Å². The van der Waals surface area contributed by atoms with E-state index in [0.29, 0.717) is 11.7 Å². The summed E-state index contributed by atoms with van der Waals surface area (Å²) in [6.45, 7) is 6.92. The summed E-state index contributed by atoms with van der Waals surface area (Å²) in [6, 6.07) is 9.25. The molecule has 0 amide bonds. The Morgan fingerprint density at radius 1 is 1.21 bits per heavy atom. The molecule has 4 nitrogen and oxygen atoms in total. The number of hydrogen-bond donors (Lipinski definition) is 2. The highest BCUT2D eigenvalue weighted by molar-refractivity contribution is 5.25. The Kier molecular flexibility index (Phi) is 4.58. The zero-order valence-corrected chi connectivity index (χ0v) is 11.5. The maximum absolute atomic E-state index is 9.24. The van der Waals surface area contributed by atoms with E-state index in [-0.39, 0.29) is 0 Å². The predicted molar refractivity (Wildman–Crippen MR) is 76.0 cm³/mol. The monoisotopic (exact) mass is 259 g/mol. The molecule has 0 aliphatic heterocycles. The van der Waals surface area contributed by atoms with Crippen LogP contribution in [0.4, 0.5) is 0 Å². The van der Waals surface area contributed by atoms with Crippen molar-refractivity contribution in [2.75, 3.05) is 6.54 Å². The Morgan fingerprint density at radius 2 is 1.95 bits per heavy atom. The quantitative estimate of drug-likeness (QED) is 0.837. The van der Waals surface area contributed by atoms with E-state index in [1.807, 2.05) is 29.1 Å². The first-order valence-electron chi connectivity index (χ1n) is 6.64. The minimum Gasteiger partial charge on any atom is -0.508 e. The fourth-order valence-electron chi connectivity index (χ4n) is 1.86. The highest BCUT2D eigenvalue weighted by Crippen LogP contribution is 2.10. The third-order valence-electron chi connectivity index (χ3n) is 2.84. The first-order chi connectivity index (χ1) is 9.13. The number of phenols is 1. The van der Waals surface area contributed by atoms with Crippen LogP contribution in [0.2, 0.25) is 0 Å². The lowest BCUT2D eigenvalue weighted by molar-refractivity contribution is 0.475. The molecule has 1 aromatic carbocycles. The van der Waals surface area contributed by atoms with Gasteiger partial charge in [-0.25, -0.2) is 0 Å². The summed E-state index contributed by atoms with van der Waals surface area (Å²) >= 11 is 0.